The van der Waals surface area contributed by atoms with Gasteiger partial charge in [0, 0.05) is 36.4 Å². The van der Waals surface area contributed by atoms with Gasteiger partial charge in [-0.25, -0.2) is 4.39 Å². The quantitative estimate of drug-likeness (QED) is 0.153. The van der Waals surface area contributed by atoms with Crippen molar-refractivity contribution in [1.82, 2.24) is 25.8 Å². The molecule has 3 rings (SSSR count). The molecule has 0 spiro atoms. The normalized spacial score (nSPS) is 16.5. The molecule has 1 aromatic heterocycles. The third-order valence-electron chi connectivity index (χ3n) is 6.78. The molecule has 2 aromatic rings. The summed E-state index contributed by atoms with van der Waals surface area (Å²) in [5.74, 6) is -2.60. The standard InChI is InChI=1S/C27H36FN7O4/c1-16(2)23(34-24(37)18-8-7-17-9-11-31-15-19(17)13-18)26(39)35-12-4-6-21(35)25(38)33-20(22(36)14-28)5-3-10-32-27(29)30/h7-9,11,13,15-16,20-21,23H,3-6,10,12,14H2,1-2H3,(H,33,38)(H,34,37)(H4,29,30,32). The van der Waals surface area contributed by atoms with Gasteiger partial charge in [-0.15, -0.1) is 0 Å². The summed E-state index contributed by atoms with van der Waals surface area (Å²) in [5, 5.41) is 16.9. The second-order valence-electron chi connectivity index (χ2n) is 9.97. The van der Waals surface area contributed by atoms with E-state index in [0.717, 1.165) is 10.8 Å². The Bertz CT molecular complexity index is 1220. The molecule has 0 radical (unpaired) electrons. The molecule has 1 aliphatic heterocycles. The van der Waals surface area contributed by atoms with E-state index < -0.39 is 48.3 Å². The number of alkyl halides is 1. The van der Waals surface area contributed by atoms with Crippen molar-refractivity contribution in [3.05, 3.63) is 42.2 Å². The Labute approximate surface area is 226 Å². The van der Waals surface area contributed by atoms with Crippen molar-refractivity contribution >= 4 is 40.2 Å². The Morgan fingerprint density at radius 3 is 2.64 bits per heavy atom. The fourth-order valence-corrected chi connectivity index (χ4v) is 4.65. The number of benzene rings is 1. The smallest absolute Gasteiger partial charge is 0.251 e. The van der Waals surface area contributed by atoms with Crippen molar-refractivity contribution in [2.24, 2.45) is 11.7 Å². The van der Waals surface area contributed by atoms with Crippen LogP contribution in [0.25, 0.3) is 10.8 Å². The number of guanidine groups is 1. The van der Waals surface area contributed by atoms with Gasteiger partial charge in [-0.2, -0.15) is 0 Å². The predicted molar refractivity (Wildman–Crippen MR) is 145 cm³/mol. The molecule has 0 saturated carbocycles. The largest absolute Gasteiger partial charge is 0.370 e. The number of nitrogens with one attached hydrogen (secondary N) is 4. The second-order valence-corrected chi connectivity index (χ2v) is 9.97. The number of rotatable bonds is 12. The van der Waals surface area contributed by atoms with Crippen LogP contribution in [0.3, 0.4) is 0 Å². The van der Waals surface area contributed by atoms with Gasteiger partial charge in [0.1, 0.15) is 18.8 Å². The first-order valence-corrected chi connectivity index (χ1v) is 13.0. The number of fused-ring (bicyclic) bond motifs is 1. The number of carbonyl (C=O) groups excluding carboxylic acids is 4. The van der Waals surface area contributed by atoms with Crippen LogP contribution in [0, 0.1) is 11.3 Å². The molecule has 11 nitrogen and oxygen atoms in total. The third kappa shape index (κ3) is 7.71. The molecular weight excluding hydrogens is 505 g/mol. The number of Topliss-reactive ketones (excluding diaryl/α,β-unsaturated/α-hetero) is 1. The fourth-order valence-electron chi connectivity index (χ4n) is 4.65. The number of likely N-dealkylation sites (tertiary alicyclic amines) is 1. The van der Waals surface area contributed by atoms with Crippen molar-refractivity contribution in [2.75, 3.05) is 19.8 Å². The lowest BCUT2D eigenvalue weighted by atomic mass is 10.0. The van der Waals surface area contributed by atoms with Gasteiger partial charge in [-0.1, -0.05) is 19.9 Å². The number of ketones is 1. The van der Waals surface area contributed by atoms with Crippen LogP contribution in [0.15, 0.2) is 36.7 Å². The summed E-state index contributed by atoms with van der Waals surface area (Å²) in [5.41, 5.74) is 5.63. The summed E-state index contributed by atoms with van der Waals surface area (Å²) in [4.78, 5) is 57.5. The van der Waals surface area contributed by atoms with Crippen LogP contribution >= 0.6 is 0 Å². The SMILES string of the molecule is CC(C)C(NC(=O)c1ccc2ccncc2c1)C(=O)N1CCCC1C(=O)NC(CCCNC(=N)N)C(=O)CF. The van der Waals surface area contributed by atoms with Crippen LogP contribution in [0.4, 0.5) is 4.39 Å². The van der Waals surface area contributed by atoms with Crippen LogP contribution in [-0.4, -0.2) is 77.2 Å². The Balaban J connectivity index is 1.68. The van der Waals surface area contributed by atoms with Crippen molar-refractivity contribution < 1.29 is 23.6 Å². The number of amides is 3. The number of nitrogens with two attached hydrogens (primary N) is 1. The van der Waals surface area contributed by atoms with Crippen LogP contribution in [-0.2, 0) is 14.4 Å². The number of hydrogen-bond acceptors (Lipinski definition) is 6. The van der Waals surface area contributed by atoms with Gasteiger partial charge in [0.25, 0.3) is 5.91 Å². The number of pyridine rings is 1. The zero-order chi connectivity index (χ0) is 28.5. The Morgan fingerprint density at radius 1 is 1.18 bits per heavy atom. The lowest BCUT2D eigenvalue weighted by molar-refractivity contribution is -0.141. The summed E-state index contributed by atoms with van der Waals surface area (Å²) < 4.78 is 13.2. The highest BCUT2D eigenvalue weighted by molar-refractivity contribution is 6.01. The van der Waals surface area contributed by atoms with Gasteiger partial charge in [0.05, 0.1) is 6.04 Å². The third-order valence-corrected chi connectivity index (χ3v) is 6.78. The van der Waals surface area contributed by atoms with Gasteiger partial charge in [-0.3, -0.25) is 29.6 Å². The van der Waals surface area contributed by atoms with E-state index in [9.17, 15) is 23.6 Å². The van der Waals surface area contributed by atoms with E-state index in [1.807, 2.05) is 26.0 Å². The van der Waals surface area contributed by atoms with E-state index in [-0.39, 0.29) is 18.3 Å². The Morgan fingerprint density at radius 2 is 1.95 bits per heavy atom. The first-order valence-electron chi connectivity index (χ1n) is 13.0. The molecule has 12 heteroatoms. The minimum Gasteiger partial charge on any atom is -0.370 e. The fraction of sp³-hybridized carbons (Fsp3) is 0.481. The molecule has 0 aliphatic carbocycles. The van der Waals surface area contributed by atoms with E-state index in [4.69, 9.17) is 11.1 Å². The van der Waals surface area contributed by atoms with Gasteiger partial charge >= 0.3 is 0 Å². The monoisotopic (exact) mass is 541 g/mol. The van der Waals surface area contributed by atoms with E-state index in [1.165, 1.54) is 4.90 Å². The summed E-state index contributed by atoms with van der Waals surface area (Å²) in [6, 6.07) is 4.26. The van der Waals surface area contributed by atoms with Gasteiger partial charge in [0.15, 0.2) is 11.7 Å². The zero-order valence-corrected chi connectivity index (χ0v) is 22.2. The number of nitrogens with zero attached hydrogens (tertiary/aromatic N) is 2. The van der Waals surface area contributed by atoms with Crippen molar-refractivity contribution in [2.45, 2.75) is 57.7 Å². The molecule has 1 aromatic carbocycles. The van der Waals surface area contributed by atoms with Crippen molar-refractivity contribution in [3.8, 4) is 0 Å². The highest BCUT2D eigenvalue weighted by atomic mass is 19.1. The first-order chi connectivity index (χ1) is 18.6. The molecule has 3 amide bonds. The molecule has 39 heavy (non-hydrogen) atoms. The molecule has 1 saturated heterocycles. The lowest BCUT2D eigenvalue weighted by Crippen LogP contribution is -2.56. The molecule has 6 N–H and O–H groups in total. The van der Waals surface area contributed by atoms with Crippen LogP contribution in [0.5, 0.6) is 0 Å². The molecule has 210 valence electrons. The van der Waals surface area contributed by atoms with E-state index in [2.05, 4.69) is 20.9 Å². The molecular formula is C27H36FN7O4. The summed E-state index contributed by atoms with van der Waals surface area (Å²) in [6.07, 6.45) is 4.81. The number of aromatic nitrogens is 1. The predicted octanol–water partition coefficient (Wildman–Crippen LogP) is 1.27. The molecule has 3 atom stereocenters. The topological polar surface area (TPSA) is 170 Å². The zero-order valence-electron chi connectivity index (χ0n) is 22.2. The number of halogens is 1. The average molecular weight is 542 g/mol. The summed E-state index contributed by atoms with van der Waals surface area (Å²) in [6.45, 7) is 3.00. The van der Waals surface area contributed by atoms with Crippen LogP contribution in [0.2, 0.25) is 0 Å². The summed E-state index contributed by atoms with van der Waals surface area (Å²) >= 11 is 0. The second kappa shape index (κ2) is 13.6. The number of hydrogen-bond donors (Lipinski definition) is 5. The van der Waals surface area contributed by atoms with Crippen LogP contribution < -0.4 is 21.7 Å². The van der Waals surface area contributed by atoms with Gasteiger partial charge in [-0.05, 0) is 55.2 Å². The highest BCUT2D eigenvalue weighted by Crippen LogP contribution is 2.22. The molecule has 1 fully saturated rings. The van der Waals surface area contributed by atoms with E-state index in [0.29, 0.717) is 37.9 Å². The molecule has 0 bridgehead atoms. The van der Waals surface area contributed by atoms with E-state index >= 15 is 0 Å². The molecule has 1 aliphatic rings. The molecule has 2 heterocycles. The minimum absolute atomic E-state index is 0.154. The molecule has 3 unspecified atom stereocenters. The lowest BCUT2D eigenvalue weighted by Gasteiger charge is -2.31. The maximum atomic E-state index is 13.6. The van der Waals surface area contributed by atoms with Crippen molar-refractivity contribution in [3.63, 3.8) is 0 Å². The van der Waals surface area contributed by atoms with Crippen LogP contribution in [0.1, 0.15) is 49.9 Å². The average Bonchev–Trinajstić information content (AvgIpc) is 3.42. The van der Waals surface area contributed by atoms with E-state index in [1.54, 1.807) is 24.5 Å². The van der Waals surface area contributed by atoms with Gasteiger partial charge < -0.3 is 26.6 Å². The maximum Gasteiger partial charge on any atom is 0.251 e. The van der Waals surface area contributed by atoms with Crippen molar-refractivity contribution in [1.29, 1.82) is 5.41 Å². The minimum atomic E-state index is -1.23. The summed E-state index contributed by atoms with van der Waals surface area (Å²) in [7, 11) is 0. The Hall–Kier alpha value is -4.09. The first kappa shape index (κ1) is 29.5. The van der Waals surface area contributed by atoms with Gasteiger partial charge in [0.2, 0.25) is 11.8 Å². The Kier molecular flexibility index (Phi) is 10.3. The highest BCUT2D eigenvalue weighted by Gasteiger charge is 2.39. The maximum absolute atomic E-state index is 13.6. The number of carbonyl (C=O) groups is 4.